The summed E-state index contributed by atoms with van der Waals surface area (Å²) >= 11 is 0.695. The van der Waals surface area contributed by atoms with Crippen LogP contribution >= 0.6 is 11.3 Å². The number of hydrogen-bond donors (Lipinski definition) is 3. The van der Waals surface area contributed by atoms with Gasteiger partial charge in [0, 0.05) is 6.54 Å². The van der Waals surface area contributed by atoms with Crippen LogP contribution in [0, 0.1) is 6.92 Å². The summed E-state index contributed by atoms with van der Waals surface area (Å²) in [6.45, 7) is 2.88. The van der Waals surface area contributed by atoms with E-state index < -0.39 is 22.1 Å². The van der Waals surface area contributed by atoms with E-state index in [2.05, 4.69) is 4.72 Å². The predicted octanol–water partition coefficient (Wildman–Crippen LogP) is 0.414. The third-order valence-electron chi connectivity index (χ3n) is 1.92. The minimum absolute atomic E-state index is 0.00224. The topological polar surface area (TPSA) is 104 Å². The summed E-state index contributed by atoms with van der Waals surface area (Å²) in [7, 11) is -3.75. The molecule has 0 radical (unpaired) electrons. The van der Waals surface area contributed by atoms with Crippen molar-refractivity contribution < 1.29 is 23.4 Å². The van der Waals surface area contributed by atoms with Crippen LogP contribution in [-0.4, -0.2) is 37.2 Å². The third-order valence-corrected chi connectivity index (χ3v) is 5.05. The van der Waals surface area contributed by atoms with Gasteiger partial charge in [0.05, 0.1) is 6.10 Å². The number of aryl methyl sites for hydroxylation is 1. The first-order chi connectivity index (χ1) is 7.74. The Labute approximate surface area is 103 Å². The molecule has 0 bridgehead atoms. The average Bonchev–Trinajstić information content (AvgIpc) is 2.58. The Kier molecular flexibility index (Phi) is 4.26. The number of sulfonamides is 1. The van der Waals surface area contributed by atoms with Gasteiger partial charge >= 0.3 is 5.97 Å². The molecular formula is C9H13NO5S2. The standard InChI is InChI=1S/C9H13NO5S2/c1-5-3-7(16-8(5)9(12)13)17(14,15)10-4-6(2)11/h3,6,10-11H,4H2,1-2H3,(H,12,13)/t6-/m0/s1. The second kappa shape index (κ2) is 5.13. The lowest BCUT2D eigenvalue weighted by molar-refractivity contribution is 0.0701. The van der Waals surface area contributed by atoms with Crippen molar-refractivity contribution in [2.75, 3.05) is 6.54 Å². The van der Waals surface area contributed by atoms with Gasteiger partial charge in [0.1, 0.15) is 9.09 Å². The van der Waals surface area contributed by atoms with E-state index in [1.807, 2.05) is 0 Å². The number of hydrogen-bond acceptors (Lipinski definition) is 5. The molecule has 6 nitrogen and oxygen atoms in total. The summed E-state index contributed by atoms with van der Waals surface area (Å²) in [4.78, 5) is 10.8. The van der Waals surface area contributed by atoms with E-state index in [-0.39, 0.29) is 15.6 Å². The second-order valence-corrected chi connectivity index (χ2v) is 6.63. The molecule has 0 saturated carbocycles. The molecular weight excluding hydrogens is 266 g/mol. The highest BCUT2D eigenvalue weighted by Crippen LogP contribution is 2.25. The van der Waals surface area contributed by atoms with Crippen molar-refractivity contribution >= 4 is 27.3 Å². The van der Waals surface area contributed by atoms with E-state index in [9.17, 15) is 13.2 Å². The lowest BCUT2D eigenvalue weighted by Crippen LogP contribution is -2.30. The van der Waals surface area contributed by atoms with Gasteiger partial charge in [-0.1, -0.05) is 0 Å². The molecule has 1 aromatic heterocycles. The van der Waals surface area contributed by atoms with E-state index in [1.165, 1.54) is 19.9 Å². The molecule has 0 saturated heterocycles. The smallest absolute Gasteiger partial charge is 0.346 e. The Morgan fingerprint density at radius 1 is 1.59 bits per heavy atom. The minimum Gasteiger partial charge on any atom is -0.477 e. The van der Waals surface area contributed by atoms with Crippen LogP contribution in [0.25, 0.3) is 0 Å². The van der Waals surface area contributed by atoms with Gasteiger partial charge in [-0.3, -0.25) is 0 Å². The summed E-state index contributed by atoms with van der Waals surface area (Å²) in [6, 6.07) is 1.30. The maximum Gasteiger partial charge on any atom is 0.346 e. The van der Waals surface area contributed by atoms with E-state index in [0.717, 1.165) is 0 Å². The Hall–Kier alpha value is -0.960. The lowest BCUT2D eigenvalue weighted by atomic mass is 10.3. The largest absolute Gasteiger partial charge is 0.477 e. The van der Waals surface area contributed by atoms with Crippen LogP contribution in [0.4, 0.5) is 0 Å². The van der Waals surface area contributed by atoms with Gasteiger partial charge in [-0.05, 0) is 25.5 Å². The minimum atomic E-state index is -3.75. The normalized spacial score (nSPS) is 13.6. The molecule has 0 amide bonds. The maximum absolute atomic E-state index is 11.7. The van der Waals surface area contributed by atoms with Crippen LogP contribution in [0.5, 0.6) is 0 Å². The number of carbonyl (C=O) groups is 1. The number of aliphatic hydroxyl groups is 1. The molecule has 1 aromatic rings. The highest BCUT2D eigenvalue weighted by Gasteiger charge is 2.21. The van der Waals surface area contributed by atoms with Crippen LogP contribution in [-0.2, 0) is 10.0 Å². The molecule has 0 unspecified atom stereocenters. The van der Waals surface area contributed by atoms with Crippen molar-refractivity contribution in [3.8, 4) is 0 Å². The fourth-order valence-electron chi connectivity index (χ4n) is 1.10. The highest BCUT2D eigenvalue weighted by molar-refractivity contribution is 7.91. The zero-order valence-electron chi connectivity index (χ0n) is 9.30. The fourth-order valence-corrected chi connectivity index (χ4v) is 3.64. The number of aromatic carboxylic acids is 1. The Bertz CT molecular complexity index is 517. The molecule has 1 atom stereocenters. The molecule has 0 fully saturated rings. The molecule has 17 heavy (non-hydrogen) atoms. The van der Waals surface area contributed by atoms with Crippen LogP contribution in [0.1, 0.15) is 22.2 Å². The third kappa shape index (κ3) is 3.50. The Morgan fingerprint density at radius 2 is 2.18 bits per heavy atom. The van der Waals surface area contributed by atoms with Crippen molar-refractivity contribution in [2.24, 2.45) is 0 Å². The number of aliphatic hydroxyl groups excluding tert-OH is 1. The van der Waals surface area contributed by atoms with Crippen molar-refractivity contribution in [3.63, 3.8) is 0 Å². The van der Waals surface area contributed by atoms with E-state index >= 15 is 0 Å². The monoisotopic (exact) mass is 279 g/mol. The predicted molar refractivity (Wildman–Crippen MR) is 62.9 cm³/mol. The fraction of sp³-hybridized carbons (Fsp3) is 0.444. The molecule has 1 heterocycles. The van der Waals surface area contributed by atoms with Crippen LogP contribution in [0.2, 0.25) is 0 Å². The molecule has 0 aromatic carbocycles. The van der Waals surface area contributed by atoms with Gasteiger partial charge in [0.25, 0.3) is 0 Å². The zero-order valence-corrected chi connectivity index (χ0v) is 10.9. The molecule has 1 rings (SSSR count). The van der Waals surface area contributed by atoms with E-state index in [4.69, 9.17) is 10.2 Å². The molecule has 0 aliphatic carbocycles. The zero-order chi connectivity index (χ0) is 13.2. The Balaban J connectivity index is 3.00. The number of thiophene rings is 1. The first kappa shape index (κ1) is 14.1. The first-order valence-electron chi connectivity index (χ1n) is 4.75. The van der Waals surface area contributed by atoms with Crippen molar-refractivity contribution in [3.05, 3.63) is 16.5 Å². The van der Waals surface area contributed by atoms with Crippen molar-refractivity contribution in [1.82, 2.24) is 4.72 Å². The summed E-state index contributed by atoms with van der Waals surface area (Å²) in [5.74, 6) is -1.15. The van der Waals surface area contributed by atoms with Crippen molar-refractivity contribution in [1.29, 1.82) is 0 Å². The molecule has 0 spiro atoms. The van der Waals surface area contributed by atoms with Crippen molar-refractivity contribution in [2.45, 2.75) is 24.2 Å². The molecule has 96 valence electrons. The number of nitrogens with one attached hydrogen (secondary N) is 1. The van der Waals surface area contributed by atoms with Gasteiger partial charge in [-0.25, -0.2) is 17.9 Å². The van der Waals surface area contributed by atoms with Crippen LogP contribution < -0.4 is 4.72 Å². The second-order valence-electron chi connectivity index (χ2n) is 3.58. The number of rotatable bonds is 5. The number of carboxylic acid groups (broad SMARTS) is 1. The molecule has 0 aliphatic rings. The molecule has 0 aliphatic heterocycles. The van der Waals surface area contributed by atoms with Gasteiger partial charge in [0.15, 0.2) is 0 Å². The Morgan fingerprint density at radius 3 is 2.59 bits per heavy atom. The van der Waals surface area contributed by atoms with Gasteiger partial charge < -0.3 is 10.2 Å². The van der Waals surface area contributed by atoms with Gasteiger partial charge in [-0.2, -0.15) is 0 Å². The van der Waals surface area contributed by atoms with E-state index in [0.29, 0.717) is 16.9 Å². The van der Waals surface area contributed by atoms with Crippen LogP contribution in [0.3, 0.4) is 0 Å². The molecule has 3 N–H and O–H groups in total. The number of carboxylic acids is 1. The maximum atomic E-state index is 11.7. The van der Waals surface area contributed by atoms with E-state index in [1.54, 1.807) is 0 Å². The molecule has 8 heteroatoms. The highest BCUT2D eigenvalue weighted by atomic mass is 32.2. The van der Waals surface area contributed by atoms with Gasteiger partial charge in [0.2, 0.25) is 10.0 Å². The first-order valence-corrected chi connectivity index (χ1v) is 7.05. The lowest BCUT2D eigenvalue weighted by Gasteiger charge is -2.05. The van der Waals surface area contributed by atoms with Crippen LogP contribution in [0.15, 0.2) is 10.3 Å². The average molecular weight is 279 g/mol. The summed E-state index contributed by atoms with van der Waals surface area (Å²) in [5.41, 5.74) is 0.403. The van der Waals surface area contributed by atoms with Gasteiger partial charge in [-0.15, -0.1) is 11.3 Å². The quantitative estimate of drug-likeness (QED) is 0.724. The summed E-state index contributed by atoms with van der Waals surface area (Å²) < 4.78 is 25.6. The SMILES string of the molecule is Cc1cc(S(=O)(=O)NC[C@H](C)O)sc1C(=O)O. The summed E-state index contributed by atoms with van der Waals surface area (Å²) in [6.07, 6.45) is -0.801. The summed E-state index contributed by atoms with van der Waals surface area (Å²) in [5, 5.41) is 17.8.